The molecule has 3 aromatic heterocycles. The first kappa shape index (κ1) is 11.6. The van der Waals surface area contributed by atoms with Gasteiger partial charge in [-0.25, -0.2) is 9.97 Å². The molecule has 5 nitrogen and oxygen atoms in total. The second-order valence-corrected chi connectivity index (χ2v) is 6.32. The number of thiophene rings is 1. The number of aromatic nitrogens is 3. The number of H-pyrrole nitrogens is 1. The highest BCUT2D eigenvalue weighted by atomic mass is 32.1. The minimum atomic E-state index is -0.168. The summed E-state index contributed by atoms with van der Waals surface area (Å²) in [6.45, 7) is 0. The lowest BCUT2D eigenvalue weighted by Gasteiger charge is -1.94. The van der Waals surface area contributed by atoms with Crippen LogP contribution in [0.15, 0.2) is 35.4 Å². The predicted molar refractivity (Wildman–Crippen MR) is 83.3 cm³/mol. The van der Waals surface area contributed by atoms with Gasteiger partial charge in [0.05, 0.1) is 27.1 Å². The molecule has 7 heteroatoms. The van der Waals surface area contributed by atoms with Crippen molar-refractivity contribution < 1.29 is 0 Å². The molecule has 1 aromatic carbocycles. The maximum absolute atomic E-state index is 11.8. The molecule has 0 bridgehead atoms. The highest BCUT2D eigenvalue weighted by Gasteiger charge is 2.18. The molecule has 0 spiro atoms. The number of hydrogen-bond donors (Lipinski definition) is 2. The fourth-order valence-corrected chi connectivity index (χ4v) is 4.13. The molecule has 4 rings (SSSR count). The van der Waals surface area contributed by atoms with Crippen molar-refractivity contribution in [3.63, 3.8) is 0 Å². The van der Waals surface area contributed by atoms with E-state index in [1.165, 1.54) is 17.7 Å². The molecule has 0 saturated heterocycles. The molecule has 0 atom stereocenters. The summed E-state index contributed by atoms with van der Waals surface area (Å²) in [5.74, 6) is 0. The second kappa shape index (κ2) is 4.12. The van der Waals surface area contributed by atoms with Gasteiger partial charge in [-0.15, -0.1) is 22.7 Å². The Morgan fingerprint density at radius 2 is 2.05 bits per heavy atom. The zero-order valence-corrected chi connectivity index (χ0v) is 11.7. The lowest BCUT2D eigenvalue weighted by Crippen LogP contribution is -2.03. The Labute approximate surface area is 120 Å². The Hall–Kier alpha value is -2.25. The third-order valence-electron chi connectivity index (χ3n) is 3.01. The van der Waals surface area contributed by atoms with E-state index in [0.29, 0.717) is 15.2 Å². The summed E-state index contributed by atoms with van der Waals surface area (Å²) in [7, 11) is 0. The Morgan fingerprint density at radius 3 is 2.90 bits per heavy atom. The third kappa shape index (κ3) is 1.57. The quantitative estimate of drug-likeness (QED) is 0.566. The molecule has 3 N–H and O–H groups in total. The Kier molecular flexibility index (Phi) is 2.38. The number of nitrogen functional groups attached to an aromatic ring is 1. The molecule has 4 aromatic rings. The first-order valence-electron chi connectivity index (χ1n) is 5.85. The van der Waals surface area contributed by atoms with Crippen molar-refractivity contribution in [3.8, 4) is 10.6 Å². The maximum Gasteiger partial charge on any atom is 0.268 e. The number of fused-ring (bicyclic) bond motifs is 2. The Bertz CT molecular complexity index is 965. The number of benzene rings is 1. The molecule has 0 aliphatic carbocycles. The van der Waals surface area contributed by atoms with Crippen LogP contribution >= 0.6 is 22.7 Å². The van der Waals surface area contributed by atoms with E-state index in [1.807, 2.05) is 24.3 Å². The molecule has 0 aliphatic heterocycles. The normalized spacial score (nSPS) is 11.4. The van der Waals surface area contributed by atoms with Gasteiger partial charge in [-0.1, -0.05) is 12.1 Å². The van der Waals surface area contributed by atoms with Crippen LogP contribution in [0.3, 0.4) is 0 Å². The van der Waals surface area contributed by atoms with E-state index >= 15 is 0 Å². The van der Waals surface area contributed by atoms with Gasteiger partial charge in [0.15, 0.2) is 0 Å². The first-order chi connectivity index (χ1) is 9.74. The van der Waals surface area contributed by atoms with Gasteiger partial charge in [0.2, 0.25) is 0 Å². The van der Waals surface area contributed by atoms with Gasteiger partial charge in [0, 0.05) is 0 Å². The van der Waals surface area contributed by atoms with Crippen molar-refractivity contribution in [1.82, 2.24) is 15.0 Å². The summed E-state index contributed by atoms with van der Waals surface area (Å²) in [4.78, 5) is 23.2. The minimum Gasteiger partial charge on any atom is -0.390 e. The van der Waals surface area contributed by atoms with Crippen molar-refractivity contribution in [1.29, 1.82) is 0 Å². The van der Waals surface area contributed by atoms with Crippen LogP contribution in [0.2, 0.25) is 0 Å². The SMILES string of the molecule is Nc1sc2c(=O)[nH]cnc2c1-c1nc2ccccc2s1. The largest absolute Gasteiger partial charge is 0.390 e. The van der Waals surface area contributed by atoms with E-state index in [9.17, 15) is 4.79 Å². The number of nitrogens with one attached hydrogen (secondary N) is 1. The van der Waals surface area contributed by atoms with E-state index < -0.39 is 0 Å². The zero-order chi connectivity index (χ0) is 13.7. The van der Waals surface area contributed by atoms with Crippen molar-refractivity contribution in [3.05, 3.63) is 40.9 Å². The Morgan fingerprint density at radius 1 is 1.20 bits per heavy atom. The molecule has 0 aliphatic rings. The van der Waals surface area contributed by atoms with Gasteiger partial charge in [0.25, 0.3) is 5.56 Å². The fraction of sp³-hybridized carbons (Fsp3) is 0. The van der Waals surface area contributed by atoms with Gasteiger partial charge < -0.3 is 10.7 Å². The number of thiazole rings is 1. The monoisotopic (exact) mass is 300 g/mol. The van der Waals surface area contributed by atoms with Crippen LogP contribution < -0.4 is 11.3 Å². The highest BCUT2D eigenvalue weighted by molar-refractivity contribution is 7.25. The van der Waals surface area contributed by atoms with Crippen molar-refractivity contribution in [2.75, 3.05) is 5.73 Å². The number of nitrogens with zero attached hydrogens (tertiary/aromatic N) is 2. The molecule has 98 valence electrons. The zero-order valence-electron chi connectivity index (χ0n) is 10.1. The van der Waals surface area contributed by atoms with Gasteiger partial charge in [0.1, 0.15) is 15.2 Å². The van der Waals surface area contributed by atoms with Crippen LogP contribution in [0.1, 0.15) is 0 Å². The summed E-state index contributed by atoms with van der Waals surface area (Å²) < 4.78 is 1.63. The Balaban J connectivity index is 2.09. The van der Waals surface area contributed by atoms with Crippen molar-refractivity contribution in [2.45, 2.75) is 0 Å². The van der Waals surface area contributed by atoms with Gasteiger partial charge in [-0.2, -0.15) is 0 Å². The average Bonchev–Trinajstić information content (AvgIpc) is 2.99. The molecule has 0 radical (unpaired) electrons. The molecule has 20 heavy (non-hydrogen) atoms. The molecule has 0 saturated carbocycles. The minimum absolute atomic E-state index is 0.168. The van der Waals surface area contributed by atoms with Crippen LogP contribution in [0.4, 0.5) is 5.00 Å². The van der Waals surface area contributed by atoms with Crippen LogP contribution in [0.5, 0.6) is 0 Å². The number of para-hydroxylation sites is 1. The standard InChI is InChI=1S/C13H8N4OS2/c14-11-8(9-10(20-11)12(18)16-5-15-9)13-17-6-3-1-2-4-7(6)19-13/h1-5H,14H2,(H,15,16,18). The number of aromatic amines is 1. The fourth-order valence-electron chi connectivity index (χ4n) is 2.12. The number of hydrogen-bond acceptors (Lipinski definition) is 6. The maximum atomic E-state index is 11.8. The van der Waals surface area contributed by atoms with Gasteiger partial charge in [-0.05, 0) is 12.1 Å². The topological polar surface area (TPSA) is 84.7 Å². The van der Waals surface area contributed by atoms with E-state index in [0.717, 1.165) is 20.8 Å². The third-order valence-corrected chi connectivity index (χ3v) is 5.07. The number of nitrogens with two attached hydrogens (primary N) is 1. The van der Waals surface area contributed by atoms with Crippen LogP contribution in [-0.4, -0.2) is 15.0 Å². The molecule has 0 fully saturated rings. The van der Waals surface area contributed by atoms with E-state index in [2.05, 4.69) is 15.0 Å². The lowest BCUT2D eigenvalue weighted by atomic mass is 10.3. The molecule has 3 heterocycles. The molecular formula is C13H8N4OS2. The lowest BCUT2D eigenvalue weighted by molar-refractivity contribution is 1.18. The summed E-state index contributed by atoms with van der Waals surface area (Å²) >= 11 is 2.80. The van der Waals surface area contributed by atoms with Gasteiger partial charge >= 0.3 is 0 Å². The number of anilines is 1. The molecule has 0 amide bonds. The smallest absolute Gasteiger partial charge is 0.268 e. The molecule has 0 unspecified atom stereocenters. The first-order valence-corrected chi connectivity index (χ1v) is 7.49. The summed E-state index contributed by atoms with van der Waals surface area (Å²) in [5.41, 5.74) is 8.21. The van der Waals surface area contributed by atoms with Crippen molar-refractivity contribution >= 4 is 48.1 Å². The van der Waals surface area contributed by atoms with Gasteiger partial charge in [-0.3, -0.25) is 4.79 Å². The summed E-state index contributed by atoms with van der Waals surface area (Å²) in [5, 5.41) is 1.37. The second-order valence-electron chi connectivity index (χ2n) is 4.24. The number of rotatable bonds is 1. The van der Waals surface area contributed by atoms with E-state index in [4.69, 9.17) is 5.73 Å². The summed E-state index contributed by atoms with van der Waals surface area (Å²) in [6.07, 6.45) is 1.40. The van der Waals surface area contributed by atoms with Crippen LogP contribution in [-0.2, 0) is 0 Å². The predicted octanol–water partition coefficient (Wildman–Crippen LogP) is 2.84. The van der Waals surface area contributed by atoms with E-state index in [-0.39, 0.29) is 5.56 Å². The van der Waals surface area contributed by atoms with Crippen LogP contribution in [0, 0.1) is 0 Å². The highest BCUT2D eigenvalue weighted by Crippen LogP contribution is 2.41. The van der Waals surface area contributed by atoms with E-state index in [1.54, 1.807) is 11.3 Å². The molecular weight excluding hydrogens is 292 g/mol. The average molecular weight is 300 g/mol. The summed E-state index contributed by atoms with van der Waals surface area (Å²) in [6, 6.07) is 7.90. The van der Waals surface area contributed by atoms with Crippen LogP contribution in [0.25, 0.3) is 31.0 Å². The van der Waals surface area contributed by atoms with Crippen molar-refractivity contribution in [2.24, 2.45) is 0 Å².